The quantitative estimate of drug-likeness (QED) is 0.894. The van der Waals surface area contributed by atoms with Gasteiger partial charge in [-0.3, -0.25) is 0 Å². The van der Waals surface area contributed by atoms with E-state index in [1.54, 1.807) is 36.4 Å². The Labute approximate surface area is 111 Å². The summed E-state index contributed by atoms with van der Waals surface area (Å²) in [6.07, 6.45) is 0. The van der Waals surface area contributed by atoms with Gasteiger partial charge in [0.15, 0.2) is 10.9 Å². The van der Waals surface area contributed by atoms with Crippen LogP contribution in [0.4, 0.5) is 0 Å². The summed E-state index contributed by atoms with van der Waals surface area (Å²) in [5, 5.41) is 19.9. The normalized spacial score (nSPS) is 14.8. The van der Waals surface area contributed by atoms with Crippen molar-refractivity contribution >= 4 is 9.84 Å². The molecule has 2 rings (SSSR count). The Morgan fingerprint density at radius 1 is 0.684 bits per heavy atom. The van der Waals surface area contributed by atoms with Crippen molar-refractivity contribution in [2.45, 2.75) is 10.9 Å². The van der Waals surface area contributed by atoms with Gasteiger partial charge in [-0.2, -0.15) is 0 Å². The van der Waals surface area contributed by atoms with E-state index >= 15 is 0 Å². The number of sulfone groups is 1. The predicted octanol–water partition coefficient (Wildman–Crippen LogP) is 1.78. The maximum atomic E-state index is 12.1. The first-order valence-corrected chi connectivity index (χ1v) is 7.33. The highest BCUT2D eigenvalue weighted by atomic mass is 32.2. The van der Waals surface area contributed by atoms with Crippen molar-refractivity contribution in [3.05, 3.63) is 71.8 Å². The summed E-state index contributed by atoms with van der Waals surface area (Å²) in [5.41, 5.74) is -3.03. The van der Waals surface area contributed by atoms with Gasteiger partial charge in [-0.15, -0.1) is 0 Å². The highest BCUT2D eigenvalue weighted by molar-refractivity contribution is 7.91. The lowest BCUT2D eigenvalue weighted by Gasteiger charge is -2.17. The van der Waals surface area contributed by atoms with E-state index in [2.05, 4.69) is 0 Å². The van der Waals surface area contributed by atoms with Gasteiger partial charge < -0.3 is 10.2 Å². The van der Waals surface area contributed by atoms with Gasteiger partial charge in [0.05, 0.1) is 0 Å². The summed E-state index contributed by atoms with van der Waals surface area (Å²) in [4.78, 5) is 0. The van der Waals surface area contributed by atoms with E-state index in [1.807, 2.05) is 0 Å². The Hall–Kier alpha value is -1.69. The average molecular weight is 278 g/mol. The van der Waals surface area contributed by atoms with Gasteiger partial charge in [-0.05, 0) is 11.1 Å². The van der Waals surface area contributed by atoms with Crippen LogP contribution in [0.2, 0.25) is 0 Å². The molecule has 2 unspecified atom stereocenters. The van der Waals surface area contributed by atoms with Crippen LogP contribution >= 0.6 is 0 Å². The van der Waals surface area contributed by atoms with Gasteiger partial charge >= 0.3 is 0 Å². The van der Waals surface area contributed by atoms with Crippen molar-refractivity contribution in [1.82, 2.24) is 0 Å². The standard InChI is InChI=1S/C14H14O4S/c15-13(11-7-3-1-4-8-11)19(17,18)14(16)12-9-5-2-6-10-12/h1-10,13-16H. The molecule has 0 amide bonds. The molecule has 0 fully saturated rings. The van der Waals surface area contributed by atoms with Crippen LogP contribution < -0.4 is 0 Å². The molecule has 0 saturated carbocycles. The van der Waals surface area contributed by atoms with Gasteiger partial charge in [0.1, 0.15) is 0 Å². The minimum atomic E-state index is -4.13. The largest absolute Gasteiger partial charge is 0.373 e. The molecular weight excluding hydrogens is 264 g/mol. The molecule has 0 aliphatic carbocycles. The van der Waals surface area contributed by atoms with Crippen LogP contribution in [0, 0.1) is 0 Å². The number of benzene rings is 2. The van der Waals surface area contributed by atoms with Crippen molar-refractivity contribution in [2.75, 3.05) is 0 Å². The molecular formula is C14H14O4S. The van der Waals surface area contributed by atoms with Crippen molar-refractivity contribution in [3.63, 3.8) is 0 Å². The Balaban J connectivity index is 2.33. The van der Waals surface area contributed by atoms with Crippen LogP contribution in [0.25, 0.3) is 0 Å². The second-order valence-corrected chi connectivity index (χ2v) is 6.19. The summed E-state index contributed by atoms with van der Waals surface area (Å²) >= 11 is 0. The van der Waals surface area contributed by atoms with Crippen molar-refractivity contribution in [1.29, 1.82) is 0 Å². The first kappa shape index (κ1) is 13.7. The first-order chi connectivity index (χ1) is 9.03. The molecule has 100 valence electrons. The summed E-state index contributed by atoms with van der Waals surface area (Å²) in [7, 11) is -4.13. The Morgan fingerprint density at radius 3 is 1.32 bits per heavy atom. The molecule has 5 heteroatoms. The van der Waals surface area contributed by atoms with Crippen molar-refractivity contribution in [3.8, 4) is 0 Å². The third-order valence-corrected chi connectivity index (χ3v) is 4.58. The number of aliphatic hydroxyl groups excluding tert-OH is 2. The number of hydrogen-bond acceptors (Lipinski definition) is 4. The minimum absolute atomic E-state index is 0.234. The van der Waals surface area contributed by atoms with E-state index in [0.717, 1.165) is 0 Å². The maximum Gasteiger partial charge on any atom is 0.212 e. The molecule has 2 aromatic carbocycles. The van der Waals surface area contributed by atoms with Gasteiger partial charge in [-0.1, -0.05) is 60.7 Å². The van der Waals surface area contributed by atoms with Gasteiger partial charge in [0, 0.05) is 0 Å². The van der Waals surface area contributed by atoms with Crippen molar-refractivity contribution < 1.29 is 18.6 Å². The summed E-state index contributed by atoms with van der Waals surface area (Å²) in [6, 6.07) is 15.9. The molecule has 0 aliphatic heterocycles. The second-order valence-electron chi connectivity index (χ2n) is 4.12. The predicted molar refractivity (Wildman–Crippen MR) is 71.7 cm³/mol. The summed E-state index contributed by atoms with van der Waals surface area (Å²) in [5.74, 6) is 0. The van der Waals surface area contributed by atoms with Gasteiger partial charge in [0.2, 0.25) is 9.84 Å². The van der Waals surface area contributed by atoms with E-state index < -0.39 is 20.7 Å². The number of aliphatic hydroxyl groups is 2. The molecule has 2 N–H and O–H groups in total. The Morgan fingerprint density at radius 2 is 1.00 bits per heavy atom. The molecule has 0 radical (unpaired) electrons. The zero-order valence-electron chi connectivity index (χ0n) is 10.0. The molecule has 2 aromatic rings. The molecule has 19 heavy (non-hydrogen) atoms. The summed E-state index contributed by atoms with van der Waals surface area (Å²) in [6.45, 7) is 0. The fourth-order valence-corrected chi connectivity index (χ4v) is 3.05. The van der Waals surface area contributed by atoms with E-state index in [0.29, 0.717) is 0 Å². The molecule has 0 heterocycles. The molecule has 4 nitrogen and oxygen atoms in total. The van der Waals surface area contributed by atoms with Crippen LogP contribution in [0.15, 0.2) is 60.7 Å². The Kier molecular flexibility index (Phi) is 3.99. The Bertz CT molecular complexity index is 572. The number of hydrogen-bond donors (Lipinski definition) is 2. The fourth-order valence-electron chi connectivity index (χ4n) is 1.74. The van der Waals surface area contributed by atoms with Crippen LogP contribution in [-0.4, -0.2) is 18.6 Å². The zero-order chi connectivity index (χ0) is 13.9. The topological polar surface area (TPSA) is 74.6 Å². The maximum absolute atomic E-state index is 12.1. The smallest absolute Gasteiger partial charge is 0.212 e. The lowest BCUT2D eigenvalue weighted by molar-refractivity contribution is 0.215. The molecule has 0 spiro atoms. The average Bonchev–Trinajstić information content (AvgIpc) is 2.47. The molecule has 2 atom stereocenters. The minimum Gasteiger partial charge on any atom is -0.373 e. The van der Waals surface area contributed by atoms with Crippen LogP contribution in [-0.2, 0) is 9.84 Å². The zero-order valence-corrected chi connectivity index (χ0v) is 10.9. The second kappa shape index (κ2) is 5.52. The lowest BCUT2D eigenvalue weighted by atomic mass is 10.2. The molecule has 0 aliphatic rings. The number of rotatable bonds is 4. The highest BCUT2D eigenvalue weighted by Crippen LogP contribution is 2.30. The third kappa shape index (κ3) is 2.84. The van der Waals surface area contributed by atoms with E-state index in [9.17, 15) is 18.6 Å². The third-order valence-electron chi connectivity index (χ3n) is 2.79. The van der Waals surface area contributed by atoms with E-state index in [1.165, 1.54) is 24.3 Å². The molecule has 0 aromatic heterocycles. The van der Waals surface area contributed by atoms with Crippen LogP contribution in [0.1, 0.15) is 22.0 Å². The van der Waals surface area contributed by atoms with E-state index in [4.69, 9.17) is 0 Å². The lowest BCUT2D eigenvalue weighted by Crippen LogP contribution is -2.20. The summed E-state index contributed by atoms with van der Waals surface area (Å²) < 4.78 is 24.3. The van der Waals surface area contributed by atoms with Crippen LogP contribution in [0.5, 0.6) is 0 Å². The first-order valence-electron chi connectivity index (χ1n) is 5.72. The molecule has 0 bridgehead atoms. The van der Waals surface area contributed by atoms with Crippen LogP contribution in [0.3, 0.4) is 0 Å². The van der Waals surface area contributed by atoms with Gasteiger partial charge in [0.25, 0.3) is 0 Å². The highest BCUT2D eigenvalue weighted by Gasteiger charge is 2.33. The SMILES string of the molecule is O=S(=O)(C(O)c1ccccc1)C(O)c1ccccc1. The van der Waals surface area contributed by atoms with Crippen molar-refractivity contribution in [2.24, 2.45) is 0 Å². The fraction of sp³-hybridized carbons (Fsp3) is 0.143. The molecule has 0 saturated heterocycles. The van der Waals surface area contributed by atoms with Gasteiger partial charge in [-0.25, -0.2) is 8.42 Å². The monoisotopic (exact) mass is 278 g/mol. The van der Waals surface area contributed by atoms with E-state index in [-0.39, 0.29) is 11.1 Å².